The van der Waals surface area contributed by atoms with Gasteiger partial charge in [0.2, 0.25) is 0 Å². The predicted molar refractivity (Wildman–Crippen MR) is 122 cm³/mol. The van der Waals surface area contributed by atoms with E-state index in [0.29, 0.717) is 24.3 Å². The molecule has 5 heteroatoms. The van der Waals surface area contributed by atoms with Crippen molar-refractivity contribution in [3.8, 4) is 0 Å². The van der Waals surface area contributed by atoms with Gasteiger partial charge in [-0.25, -0.2) is 4.99 Å². The molecule has 2 aliphatic rings. The van der Waals surface area contributed by atoms with Crippen molar-refractivity contribution in [3.05, 3.63) is 66.2 Å². The van der Waals surface area contributed by atoms with Crippen LogP contribution in [0.15, 0.2) is 65.7 Å². The van der Waals surface area contributed by atoms with Crippen molar-refractivity contribution in [1.82, 2.24) is 4.90 Å². The number of para-hydroxylation sites is 1. The van der Waals surface area contributed by atoms with E-state index in [0.717, 1.165) is 25.7 Å². The molecule has 1 saturated carbocycles. The number of nitrogens with two attached hydrogens (primary N) is 1. The number of aryl methyl sites for hydroxylation is 1. The van der Waals surface area contributed by atoms with Crippen molar-refractivity contribution in [3.63, 3.8) is 0 Å². The summed E-state index contributed by atoms with van der Waals surface area (Å²) in [6.45, 7) is 0. The van der Waals surface area contributed by atoms with Gasteiger partial charge in [-0.15, -0.1) is 0 Å². The lowest BCUT2D eigenvalue weighted by atomic mass is 9.75. The van der Waals surface area contributed by atoms with Gasteiger partial charge in [0, 0.05) is 18.8 Å². The number of amides is 1. The van der Waals surface area contributed by atoms with Crippen LogP contribution >= 0.6 is 0 Å². The highest BCUT2D eigenvalue weighted by atomic mass is 16.2. The minimum absolute atomic E-state index is 0.0501. The first-order chi connectivity index (χ1) is 14.6. The Kier molecular flexibility index (Phi) is 6.07. The highest BCUT2D eigenvalue weighted by molar-refractivity contribution is 6.06. The van der Waals surface area contributed by atoms with Crippen molar-refractivity contribution in [2.24, 2.45) is 16.6 Å². The van der Waals surface area contributed by atoms with E-state index in [1.165, 1.54) is 29.0 Å². The van der Waals surface area contributed by atoms with Crippen LogP contribution in [-0.4, -0.2) is 35.4 Å². The lowest BCUT2D eigenvalue weighted by Gasteiger charge is -2.35. The van der Waals surface area contributed by atoms with E-state index in [1.807, 2.05) is 24.3 Å². The molecule has 0 radical (unpaired) electrons. The third kappa shape index (κ3) is 4.50. The molecule has 4 rings (SSSR count). The van der Waals surface area contributed by atoms with E-state index < -0.39 is 5.54 Å². The van der Waals surface area contributed by atoms with Crippen molar-refractivity contribution < 1.29 is 4.79 Å². The molecular weight excluding hydrogens is 372 g/mol. The zero-order chi connectivity index (χ0) is 21.0. The third-order valence-corrected chi connectivity index (χ3v) is 6.60. The Labute approximate surface area is 179 Å². The average molecular weight is 405 g/mol. The number of rotatable bonds is 7. The highest BCUT2D eigenvalue weighted by Crippen LogP contribution is 2.39. The molecule has 0 bridgehead atoms. The fourth-order valence-corrected chi connectivity index (χ4v) is 5.01. The quantitative estimate of drug-likeness (QED) is 0.726. The molecule has 2 aromatic carbocycles. The minimum atomic E-state index is -0.728. The number of anilines is 1. The zero-order valence-electron chi connectivity index (χ0n) is 17.8. The molecule has 1 aliphatic heterocycles. The first kappa shape index (κ1) is 20.5. The zero-order valence-corrected chi connectivity index (χ0v) is 17.8. The maximum atomic E-state index is 13.2. The van der Waals surface area contributed by atoms with Crippen LogP contribution in [0.25, 0.3) is 0 Å². The summed E-state index contributed by atoms with van der Waals surface area (Å²) < 4.78 is 0. The van der Waals surface area contributed by atoms with E-state index in [1.54, 1.807) is 7.05 Å². The summed E-state index contributed by atoms with van der Waals surface area (Å²) in [6.07, 6.45) is 6.86. The number of carbonyl (C=O) groups is 1. The fraction of sp³-hybridized carbons (Fsp3) is 0.440. The highest BCUT2D eigenvalue weighted by Gasteiger charge is 2.47. The van der Waals surface area contributed by atoms with Gasteiger partial charge in [0.1, 0.15) is 5.54 Å². The second-order valence-corrected chi connectivity index (χ2v) is 8.80. The standard InChI is InChI=1S/C25H32N4O/c1-29-23(30)25(28-24(29)26,16-15-19-9-4-2-5-10-19)18-20-11-8-14-22(17-20)27-21-12-6-3-7-13-21/h2-7,9-10,12-13,20,22,27H,8,11,14-18H2,1H3,(H2,26,28)/t20-,22-,25?/m0/s1. The molecule has 1 aliphatic carbocycles. The summed E-state index contributed by atoms with van der Waals surface area (Å²) in [5.41, 5.74) is 7.77. The van der Waals surface area contributed by atoms with Gasteiger partial charge in [0.25, 0.3) is 5.91 Å². The van der Waals surface area contributed by atoms with Crippen LogP contribution in [0.1, 0.15) is 44.1 Å². The number of guanidine groups is 1. The van der Waals surface area contributed by atoms with Crippen LogP contribution in [0.5, 0.6) is 0 Å². The number of hydrogen-bond donors (Lipinski definition) is 2. The smallest absolute Gasteiger partial charge is 0.257 e. The number of carbonyl (C=O) groups excluding carboxylic acids is 1. The van der Waals surface area contributed by atoms with Gasteiger partial charge in [0.05, 0.1) is 0 Å². The number of benzene rings is 2. The molecule has 3 N–H and O–H groups in total. The molecule has 0 saturated heterocycles. The van der Waals surface area contributed by atoms with Gasteiger partial charge in [-0.2, -0.15) is 0 Å². The van der Waals surface area contributed by atoms with E-state index in [-0.39, 0.29) is 5.91 Å². The number of nitrogens with one attached hydrogen (secondary N) is 1. The van der Waals surface area contributed by atoms with Crippen molar-refractivity contribution in [2.45, 2.75) is 56.5 Å². The molecule has 1 unspecified atom stereocenters. The number of likely N-dealkylation sites (N-methyl/N-ethyl adjacent to an activating group) is 1. The van der Waals surface area contributed by atoms with Gasteiger partial charge in [-0.1, -0.05) is 61.4 Å². The van der Waals surface area contributed by atoms with E-state index in [9.17, 15) is 4.79 Å². The van der Waals surface area contributed by atoms with Crippen LogP contribution in [0, 0.1) is 5.92 Å². The van der Waals surface area contributed by atoms with Crippen molar-refractivity contribution >= 4 is 17.6 Å². The number of hydrogen-bond acceptors (Lipinski definition) is 4. The molecule has 1 fully saturated rings. The largest absolute Gasteiger partial charge is 0.382 e. The number of nitrogens with zero attached hydrogens (tertiary/aromatic N) is 2. The van der Waals surface area contributed by atoms with Gasteiger partial charge in [-0.3, -0.25) is 9.69 Å². The Hall–Kier alpha value is -2.82. The molecule has 5 nitrogen and oxygen atoms in total. The Balaban J connectivity index is 1.47. The lowest BCUT2D eigenvalue weighted by Crippen LogP contribution is -2.44. The van der Waals surface area contributed by atoms with Gasteiger partial charge >= 0.3 is 0 Å². The molecule has 1 heterocycles. The van der Waals surface area contributed by atoms with Crippen LogP contribution < -0.4 is 11.1 Å². The Morgan fingerprint density at radius 3 is 2.47 bits per heavy atom. The summed E-state index contributed by atoms with van der Waals surface area (Å²) in [5, 5.41) is 3.68. The topological polar surface area (TPSA) is 70.7 Å². The Morgan fingerprint density at radius 1 is 1.10 bits per heavy atom. The SMILES string of the molecule is CN1C(=O)C(CCc2ccccc2)(C[C@H]2CCC[C@H](Nc3ccccc3)C2)N=C1N. The van der Waals surface area contributed by atoms with Crippen LogP contribution in [0.3, 0.4) is 0 Å². The fourth-order valence-electron chi connectivity index (χ4n) is 5.01. The minimum Gasteiger partial charge on any atom is -0.382 e. The summed E-state index contributed by atoms with van der Waals surface area (Å²) in [4.78, 5) is 19.5. The summed E-state index contributed by atoms with van der Waals surface area (Å²) >= 11 is 0. The van der Waals surface area contributed by atoms with E-state index in [4.69, 9.17) is 10.7 Å². The summed E-state index contributed by atoms with van der Waals surface area (Å²) in [6, 6.07) is 21.2. The normalized spacial score (nSPS) is 26.5. The second kappa shape index (κ2) is 8.90. The lowest BCUT2D eigenvalue weighted by molar-refractivity contribution is -0.131. The predicted octanol–water partition coefficient (Wildman–Crippen LogP) is 4.21. The summed E-state index contributed by atoms with van der Waals surface area (Å²) in [7, 11) is 1.74. The molecule has 0 spiro atoms. The van der Waals surface area contributed by atoms with E-state index in [2.05, 4.69) is 41.7 Å². The molecule has 30 heavy (non-hydrogen) atoms. The van der Waals surface area contributed by atoms with Crippen LogP contribution in [0.4, 0.5) is 5.69 Å². The monoisotopic (exact) mass is 404 g/mol. The van der Waals surface area contributed by atoms with Crippen molar-refractivity contribution in [1.29, 1.82) is 0 Å². The average Bonchev–Trinajstić information content (AvgIpc) is 2.98. The second-order valence-electron chi connectivity index (χ2n) is 8.80. The number of aliphatic imine (C=N–C) groups is 1. The van der Waals surface area contributed by atoms with Gasteiger partial charge in [-0.05, 0) is 55.7 Å². The maximum Gasteiger partial charge on any atom is 0.257 e. The van der Waals surface area contributed by atoms with E-state index >= 15 is 0 Å². The molecule has 0 aromatic heterocycles. The molecule has 3 atom stereocenters. The van der Waals surface area contributed by atoms with Gasteiger partial charge in [0.15, 0.2) is 5.96 Å². The van der Waals surface area contributed by atoms with Crippen molar-refractivity contribution in [2.75, 3.05) is 12.4 Å². The molecule has 2 aromatic rings. The van der Waals surface area contributed by atoms with Gasteiger partial charge < -0.3 is 11.1 Å². The Bertz CT molecular complexity index is 883. The third-order valence-electron chi connectivity index (χ3n) is 6.60. The molecular formula is C25H32N4O. The molecule has 158 valence electrons. The molecule has 1 amide bonds. The maximum absolute atomic E-state index is 13.2. The summed E-state index contributed by atoms with van der Waals surface area (Å²) in [5.74, 6) is 0.861. The Morgan fingerprint density at radius 2 is 1.80 bits per heavy atom. The first-order valence-electron chi connectivity index (χ1n) is 11.0. The van der Waals surface area contributed by atoms with Crippen LogP contribution in [-0.2, 0) is 11.2 Å². The van der Waals surface area contributed by atoms with Crippen LogP contribution in [0.2, 0.25) is 0 Å². The first-order valence-corrected chi connectivity index (χ1v) is 11.0.